The van der Waals surface area contributed by atoms with Crippen molar-refractivity contribution in [2.24, 2.45) is 0 Å². The standard InChI is InChI=1S/C26H21F2NO2/c1-17-14-18(25(28)15-24(17)27)8-6-7-13-29-26(30)31-16-23-21-11-4-2-9-19(21)20-10-3-5-12-22(20)23/h2-5,9-12,14-15,23H,7,13,16H2,1H3,(H,29,30). The third kappa shape index (κ3) is 4.44. The van der Waals surface area contributed by atoms with E-state index in [1.165, 1.54) is 17.2 Å². The molecule has 1 aliphatic rings. The molecule has 0 heterocycles. The lowest BCUT2D eigenvalue weighted by atomic mass is 9.98. The highest BCUT2D eigenvalue weighted by atomic mass is 19.1. The minimum absolute atomic E-state index is 0.00244. The fraction of sp³-hybridized carbons (Fsp3) is 0.192. The molecule has 3 aromatic carbocycles. The fourth-order valence-electron chi connectivity index (χ4n) is 3.79. The van der Waals surface area contributed by atoms with Crippen molar-refractivity contribution < 1.29 is 18.3 Å². The van der Waals surface area contributed by atoms with Gasteiger partial charge in [-0.25, -0.2) is 13.6 Å². The molecule has 1 N–H and O–H groups in total. The zero-order valence-electron chi connectivity index (χ0n) is 17.0. The minimum atomic E-state index is -0.694. The number of rotatable bonds is 4. The fourth-order valence-corrected chi connectivity index (χ4v) is 3.79. The number of amides is 1. The van der Waals surface area contributed by atoms with E-state index in [4.69, 9.17) is 4.74 Å². The molecule has 0 atom stereocenters. The number of fused-ring (bicyclic) bond motifs is 3. The monoisotopic (exact) mass is 417 g/mol. The van der Waals surface area contributed by atoms with Crippen molar-refractivity contribution in [3.63, 3.8) is 0 Å². The zero-order chi connectivity index (χ0) is 21.8. The molecule has 3 nitrogen and oxygen atoms in total. The van der Waals surface area contributed by atoms with Gasteiger partial charge in [0.25, 0.3) is 0 Å². The molecular weight excluding hydrogens is 396 g/mol. The van der Waals surface area contributed by atoms with Gasteiger partial charge in [0.05, 0.1) is 5.56 Å². The number of carbonyl (C=O) groups is 1. The van der Waals surface area contributed by atoms with Crippen molar-refractivity contribution in [2.45, 2.75) is 19.3 Å². The molecule has 3 aromatic rings. The summed E-state index contributed by atoms with van der Waals surface area (Å²) in [5, 5.41) is 2.66. The first-order valence-corrected chi connectivity index (χ1v) is 10.1. The van der Waals surface area contributed by atoms with Gasteiger partial charge in [0.2, 0.25) is 0 Å². The summed E-state index contributed by atoms with van der Waals surface area (Å²) in [6.07, 6.45) is -0.201. The summed E-state index contributed by atoms with van der Waals surface area (Å²) < 4.78 is 32.4. The Kier molecular flexibility index (Phi) is 5.99. The van der Waals surface area contributed by atoms with Crippen molar-refractivity contribution in [3.8, 4) is 23.0 Å². The molecule has 4 rings (SSSR count). The van der Waals surface area contributed by atoms with E-state index in [1.54, 1.807) is 6.92 Å². The summed E-state index contributed by atoms with van der Waals surface area (Å²) >= 11 is 0. The van der Waals surface area contributed by atoms with Gasteiger partial charge < -0.3 is 10.1 Å². The van der Waals surface area contributed by atoms with E-state index in [-0.39, 0.29) is 24.6 Å². The summed E-state index contributed by atoms with van der Waals surface area (Å²) in [4.78, 5) is 12.1. The maximum atomic E-state index is 13.7. The Labute approximate surface area is 180 Å². The van der Waals surface area contributed by atoms with Gasteiger partial charge >= 0.3 is 6.09 Å². The van der Waals surface area contributed by atoms with Gasteiger partial charge in [-0.1, -0.05) is 60.4 Å². The molecule has 0 spiro atoms. The van der Waals surface area contributed by atoms with Gasteiger partial charge in [0.15, 0.2) is 0 Å². The first-order chi connectivity index (χ1) is 15.0. The highest BCUT2D eigenvalue weighted by Gasteiger charge is 2.28. The number of halogens is 2. The molecule has 0 saturated heterocycles. The second kappa shape index (κ2) is 9.01. The molecular formula is C26H21F2NO2. The van der Waals surface area contributed by atoms with Crippen molar-refractivity contribution in [2.75, 3.05) is 13.2 Å². The van der Waals surface area contributed by atoms with Gasteiger partial charge in [-0.15, -0.1) is 0 Å². The van der Waals surface area contributed by atoms with Crippen molar-refractivity contribution >= 4 is 6.09 Å². The third-order valence-corrected chi connectivity index (χ3v) is 5.33. The average molecular weight is 417 g/mol. The van der Waals surface area contributed by atoms with Crippen LogP contribution in [0.1, 0.15) is 34.6 Å². The Morgan fingerprint density at radius 2 is 1.65 bits per heavy atom. The van der Waals surface area contributed by atoms with Crippen molar-refractivity contribution in [3.05, 3.63) is 94.6 Å². The SMILES string of the molecule is Cc1cc(C#CCCNC(=O)OCC2c3ccccc3-c3ccccc32)c(F)cc1F. The van der Waals surface area contributed by atoms with E-state index in [2.05, 4.69) is 41.4 Å². The van der Waals surface area contributed by atoms with Crippen LogP contribution in [0.25, 0.3) is 11.1 Å². The Balaban J connectivity index is 1.30. The number of hydrogen-bond donors (Lipinski definition) is 1. The van der Waals surface area contributed by atoms with Crippen LogP contribution in [0.4, 0.5) is 13.6 Å². The molecule has 0 unspecified atom stereocenters. The van der Waals surface area contributed by atoms with E-state index in [0.29, 0.717) is 12.0 Å². The molecule has 0 saturated carbocycles. The van der Waals surface area contributed by atoms with Gasteiger partial charge in [-0.3, -0.25) is 0 Å². The number of aryl methyl sites for hydroxylation is 1. The largest absolute Gasteiger partial charge is 0.449 e. The summed E-state index contributed by atoms with van der Waals surface area (Å²) in [5.74, 6) is 4.17. The summed E-state index contributed by atoms with van der Waals surface area (Å²) in [5.41, 5.74) is 5.12. The highest BCUT2D eigenvalue weighted by molar-refractivity contribution is 5.79. The lowest BCUT2D eigenvalue weighted by Gasteiger charge is -2.14. The number of nitrogens with one attached hydrogen (secondary N) is 1. The maximum Gasteiger partial charge on any atom is 0.407 e. The first-order valence-electron chi connectivity index (χ1n) is 10.1. The van der Waals surface area contributed by atoms with Crippen LogP contribution in [0.3, 0.4) is 0 Å². The molecule has 0 radical (unpaired) electrons. The lowest BCUT2D eigenvalue weighted by molar-refractivity contribution is 0.143. The number of carbonyl (C=O) groups excluding carboxylic acids is 1. The average Bonchev–Trinajstić information content (AvgIpc) is 3.09. The van der Waals surface area contributed by atoms with Crippen LogP contribution in [0.15, 0.2) is 60.7 Å². The van der Waals surface area contributed by atoms with Crippen molar-refractivity contribution in [1.29, 1.82) is 0 Å². The predicted molar refractivity (Wildman–Crippen MR) is 116 cm³/mol. The van der Waals surface area contributed by atoms with Crippen molar-refractivity contribution in [1.82, 2.24) is 5.32 Å². The Hall–Kier alpha value is -3.65. The molecule has 1 amide bonds. The van der Waals surface area contributed by atoms with E-state index in [1.807, 2.05) is 24.3 Å². The molecule has 5 heteroatoms. The van der Waals surface area contributed by atoms with Crippen LogP contribution in [-0.4, -0.2) is 19.2 Å². The quantitative estimate of drug-likeness (QED) is 0.446. The van der Waals surface area contributed by atoms with Gasteiger partial charge in [-0.2, -0.15) is 0 Å². The lowest BCUT2D eigenvalue weighted by Crippen LogP contribution is -2.26. The molecule has 31 heavy (non-hydrogen) atoms. The van der Waals surface area contributed by atoms with Gasteiger partial charge in [0, 0.05) is 24.9 Å². The van der Waals surface area contributed by atoms with Crippen LogP contribution in [-0.2, 0) is 4.74 Å². The predicted octanol–water partition coefficient (Wildman–Crippen LogP) is 5.55. The molecule has 0 aliphatic heterocycles. The highest BCUT2D eigenvalue weighted by Crippen LogP contribution is 2.44. The normalized spacial score (nSPS) is 11.8. The molecule has 156 valence electrons. The molecule has 1 aliphatic carbocycles. The Morgan fingerprint density at radius 3 is 2.32 bits per heavy atom. The minimum Gasteiger partial charge on any atom is -0.449 e. The van der Waals surface area contributed by atoms with E-state index in [9.17, 15) is 13.6 Å². The molecule has 0 bridgehead atoms. The maximum absolute atomic E-state index is 13.7. The Morgan fingerprint density at radius 1 is 1.00 bits per heavy atom. The third-order valence-electron chi connectivity index (χ3n) is 5.33. The van der Waals surface area contributed by atoms with Gasteiger partial charge in [-0.05, 0) is 40.8 Å². The smallest absolute Gasteiger partial charge is 0.407 e. The van der Waals surface area contributed by atoms with E-state index < -0.39 is 17.7 Å². The summed E-state index contributed by atoms with van der Waals surface area (Å²) in [6.45, 7) is 2.07. The number of hydrogen-bond acceptors (Lipinski definition) is 2. The van der Waals surface area contributed by atoms with Crippen LogP contribution < -0.4 is 5.32 Å². The molecule has 0 aromatic heterocycles. The van der Waals surface area contributed by atoms with Crippen LogP contribution in [0, 0.1) is 30.4 Å². The summed E-state index contributed by atoms with van der Waals surface area (Å²) in [7, 11) is 0. The summed E-state index contributed by atoms with van der Waals surface area (Å²) in [6, 6.07) is 18.5. The number of benzene rings is 3. The van der Waals surface area contributed by atoms with Gasteiger partial charge in [0.1, 0.15) is 18.2 Å². The second-order valence-electron chi connectivity index (χ2n) is 7.39. The zero-order valence-corrected chi connectivity index (χ0v) is 17.0. The topological polar surface area (TPSA) is 38.3 Å². The van der Waals surface area contributed by atoms with Crippen LogP contribution in [0.5, 0.6) is 0 Å². The van der Waals surface area contributed by atoms with E-state index in [0.717, 1.165) is 17.2 Å². The first kappa shape index (κ1) is 20.6. The Bertz CT molecular complexity index is 1150. The number of ether oxygens (including phenoxy) is 1. The number of alkyl carbamates (subject to hydrolysis) is 1. The van der Waals surface area contributed by atoms with E-state index >= 15 is 0 Å². The van der Waals surface area contributed by atoms with Crippen LogP contribution >= 0.6 is 0 Å². The molecule has 0 fully saturated rings. The second-order valence-corrected chi connectivity index (χ2v) is 7.39. The van der Waals surface area contributed by atoms with Crippen LogP contribution in [0.2, 0.25) is 0 Å².